The predicted molar refractivity (Wildman–Crippen MR) is 128 cm³/mol. The highest BCUT2D eigenvalue weighted by Crippen LogP contribution is 2.28. The SMILES string of the molecule is O=C(/C=C/c1cn(Cc2ccccc2)nc1-c1cccs1)NCCNC(=O)C1CCCC1. The van der Waals surface area contributed by atoms with Crippen molar-refractivity contribution in [1.29, 1.82) is 0 Å². The normalized spacial score (nSPS) is 14.1. The molecule has 2 N–H and O–H groups in total. The lowest BCUT2D eigenvalue weighted by molar-refractivity contribution is -0.125. The zero-order valence-electron chi connectivity index (χ0n) is 18.0. The molecule has 0 radical (unpaired) electrons. The van der Waals surface area contributed by atoms with E-state index in [-0.39, 0.29) is 17.7 Å². The van der Waals surface area contributed by atoms with Gasteiger partial charge in [-0.15, -0.1) is 11.3 Å². The molecular weight excluding hydrogens is 420 g/mol. The second-order valence-electron chi connectivity index (χ2n) is 7.99. The van der Waals surface area contributed by atoms with E-state index in [0.29, 0.717) is 19.6 Å². The lowest BCUT2D eigenvalue weighted by Crippen LogP contribution is -2.36. The van der Waals surface area contributed by atoms with Gasteiger partial charge in [-0.05, 0) is 35.9 Å². The Hall–Kier alpha value is -3.19. The third-order valence-corrected chi connectivity index (χ3v) is 6.47. The van der Waals surface area contributed by atoms with E-state index in [1.54, 1.807) is 17.4 Å². The van der Waals surface area contributed by atoms with Gasteiger partial charge < -0.3 is 10.6 Å². The van der Waals surface area contributed by atoms with Crippen LogP contribution in [0.1, 0.15) is 36.8 Å². The minimum atomic E-state index is -0.187. The highest BCUT2D eigenvalue weighted by atomic mass is 32.1. The summed E-state index contributed by atoms with van der Waals surface area (Å²) in [5.74, 6) is 0.0699. The van der Waals surface area contributed by atoms with Gasteiger partial charge in [0.2, 0.25) is 11.8 Å². The Morgan fingerprint density at radius 1 is 1.06 bits per heavy atom. The molecule has 2 aromatic heterocycles. The van der Waals surface area contributed by atoms with Crippen LogP contribution in [0, 0.1) is 5.92 Å². The van der Waals surface area contributed by atoms with Crippen LogP contribution < -0.4 is 10.6 Å². The molecule has 1 saturated carbocycles. The molecule has 32 heavy (non-hydrogen) atoms. The number of aromatic nitrogens is 2. The fraction of sp³-hybridized carbons (Fsp3) is 0.320. The van der Waals surface area contributed by atoms with Crippen molar-refractivity contribution in [3.05, 3.63) is 71.2 Å². The van der Waals surface area contributed by atoms with E-state index in [1.807, 2.05) is 46.6 Å². The topological polar surface area (TPSA) is 76.0 Å². The van der Waals surface area contributed by atoms with E-state index in [0.717, 1.165) is 41.8 Å². The van der Waals surface area contributed by atoms with Gasteiger partial charge in [0.05, 0.1) is 11.4 Å². The van der Waals surface area contributed by atoms with Crippen LogP contribution >= 0.6 is 11.3 Å². The van der Waals surface area contributed by atoms with Gasteiger partial charge in [-0.2, -0.15) is 5.10 Å². The average molecular weight is 449 g/mol. The van der Waals surface area contributed by atoms with Gasteiger partial charge in [-0.1, -0.05) is 49.2 Å². The quantitative estimate of drug-likeness (QED) is 0.382. The number of rotatable bonds is 9. The Balaban J connectivity index is 1.34. The summed E-state index contributed by atoms with van der Waals surface area (Å²) in [6.45, 7) is 1.52. The fourth-order valence-corrected chi connectivity index (χ4v) is 4.67. The number of amides is 2. The van der Waals surface area contributed by atoms with E-state index < -0.39 is 0 Å². The second-order valence-corrected chi connectivity index (χ2v) is 8.94. The van der Waals surface area contributed by atoms with Crippen molar-refractivity contribution in [2.75, 3.05) is 13.1 Å². The molecule has 0 bridgehead atoms. The van der Waals surface area contributed by atoms with E-state index >= 15 is 0 Å². The van der Waals surface area contributed by atoms with Crippen LogP contribution in [0.3, 0.4) is 0 Å². The summed E-state index contributed by atoms with van der Waals surface area (Å²) in [7, 11) is 0. The maximum atomic E-state index is 12.3. The second kappa shape index (κ2) is 10.9. The van der Waals surface area contributed by atoms with Gasteiger partial charge in [-0.3, -0.25) is 14.3 Å². The third kappa shape index (κ3) is 5.95. The van der Waals surface area contributed by atoms with Gasteiger partial charge in [0, 0.05) is 36.8 Å². The number of hydrogen-bond donors (Lipinski definition) is 2. The van der Waals surface area contributed by atoms with Crippen molar-refractivity contribution in [3.63, 3.8) is 0 Å². The largest absolute Gasteiger partial charge is 0.354 e. The molecule has 6 nitrogen and oxygen atoms in total. The number of hydrogen-bond acceptors (Lipinski definition) is 4. The average Bonchev–Trinajstić information content (AvgIpc) is 3.57. The van der Waals surface area contributed by atoms with Crippen LogP contribution in [0.5, 0.6) is 0 Å². The first kappa shape index (κ1) is 22.0. The highest BCUT2D eigenvalue weighted by molar-refractivity contribution is 7.13. The Kier molecular flexibility index (Phi) is 7.51. The zero-order chi connectivity index (χ0) is 22.2. The molecule has 4 rings (SSSR count). The Morgan fingerprint density at radius 2 is 1.84 bits per heavy atom. The summed E-state index contributed by atoms with van der Waals surface area (Å²) in [5, 5.41) is 12.5. The molecule has 0 saturated heterocycles. The molecule has 3 aromatic rings. The van der Waals surface area contributed by atoms with Crippen LogP contribution in [0.4, 0.5) is 0 Å². The molecular formula is C25H28N4O2S. The van der Waals surface area contributed by atoms with Crippen molar-refractivity contribution in [1.82, 2.24) is 20.4 Å². The van der Waals surface area contributed by atoms with E-state index in [2.05, 4.69) is 22.8 Å². The van der Waals surface area contributed by atoms with Crippen molar-refractivity contribution in [2.45, 2.75) is 32.2 Å². The van der Waals surface area contributed by atoms with Crippen molar-refractivity contribution in [3.8, 4) is 10.6 Å². The number of nitrogens with zero attached hydrogens (tertiary/aromatic N) is 2. The van der Waals surface area contributed by atoms with E-state index in [9.17, 15) is 9.59 Å². The molecule has 1 aliphatic rings. The smallest absolute Gasteiger partial charge is 0.244 e. The number of nitrogens with one attached hydrogen (secondary N) is 2. The van der Waals surface area contributed by atoms with E-state index in [1.165, 1.54) is 11.6 Å². The Labute approximate surface area is 192 Å². The summed E-state index contributed by atoms with van der Waals surface area (Å²) in [6, 6.07) is 14.2. The molecule has 1 fully saturated rings. The van der Waals surface area contributed by atoms with Crippen LogP contribution in [0.25, 0.3) is 16.6 Å². The number of thiophene rings is 1. The summed E-state index contributed by atoms with van der Waals surface area (Å²) >= 11 is 1.62. The van der Waals surface area contributed by atoms with Gasteiger partial charge in [-0.25, -0.2) is 0 Å². The maximum Gasteiger partial charge on any atom is 0.244 e. The predicted octanol–water partition coefficient (Wildman–Crippen LogP) is 4.10. The highest BCUT2D eigenvalue weighted by Gasteiger charge is 2.21. The number of carbonyl (C=O) groups excluding carboxylic acids is 2. The summed E-state index contributed by atoms with van der Waals surface area (Å²) < 4.78 is 1.90. The molecule has 1 aliphatic carbocycles. The molecule has 2 heterocycles. The minimum Gasteiger partial charge on any atom is -0.354 e. The summed E-state index contributed by atoms with van der Waals surface area (Å²) in [4.78, 5) is 25.4. The molecule has 0 aliphatic heterocycles. The van der Waals surface area contributed by atoms with Gasteiger partial charge in [0.25, 0.3) is 0 Å². The standard InChI is InChI=1S/C25H28N4O2S/c30-23(26-14-15-27-25(31)20-9-4-5-10-20)13-12-21-18-29(17-19-7-2-1-3-8-19)28-24(21)22-11-6-16-32-22/h1-3,6-8,11-13,16,18,20H,4-5,9-10,14-15,17H2,(H,26,30)(H,27,31)/b13-12+. The minimum absolute atomic E-state index is 0.110. The van der Waals surface area contributed by atoms with Crippen molar-refractivity contribution >= 4 is 29.2 Å². The summed E-state index contributed by atoms with van der Waals surface area (Å²) in [5.41, 5.74) is 2.93. The monoisotopic (exact) mass is 448 g/mol. The third-order valence-electron chi connectivity index (χ3n) is 5.60. The van der Waals surface area contributed by atoms with Gasteiger partial charge in [0.15, 0.2) is 0 Å². The van der Waals surface area contributed by atoms with Crippen LogP contribution in [0.2, 0.25) is 0 Å². The molecule has 1 aromatic carbocycles. The fourth-order valence-electron chi connectivity index (χ4n) is 3.94. The van der Waals surface area contributed by atoms with Crippen LogP contribution in [-0.4, -0.2) is 34.7 Å². The zero-order valence-corrected chi connectivity index (χ0v) is 18.8. The van der Waals surface area contributed by atoms with Gasteiger partial charge in [0.1, 0.15) is 5.69 Å². The summed E-state index contributed by atoms with van der Waals surface area (Å²) in [6.07, 6.45) is 9.52. The molecule has 0 atom stereocenters. The van der Waals surface area contributed by atoms with Crippen molar-refractivity contribution < 1.29 is 9.59 Å². The van der Waals surface area contributed by atoms with Crippen LogP contribution in [0.15, 0.2) is 60.1 Å². The first-order valence-corrected chi connectivity index (χ1v) is 12.0. The molecule has 0 unspecified atom stereocenters. The number of carbonyl (C=O) groups is 2. The van der Waals surface area contributed by atoms with Gasteiger partial charge >= 0.3 is 0 Å². The van der Waals surface area contributed by atoms with E-state index in [4.69, 9.17) is 5.10 Å². The molecule has 166 valence electrons. The Bertz CT molecular complexity index is 1050. The molecule has 0 spiro atoms. The first-order valence-electron chi connectivity index (χ1n) is 11.1. The maximum absolute atomic E-state index is 12.3. The van der Waals surface area contributed by atoms with Crippen molar-refractivity contribution in [2.24, 2.45) is 5.92 Å². The molecule has 2 amide bonds. The lowest BCUT2D eigenvalue weighted by atomic mass is 10.1. The first-order chi connectivity index (χ1) is 15.7. The lowest BCUT2D eigenvalue weighted by Gasteiger charge is -2.10. The number of benzene rings is 1. The molecule has 7 heteroatoms. The Morgan fingerprint density at radius 3 is 2.59 bits per heavy atom. The van der Waals surface area contributed by atoms with Crippen LogP contribution in [-0.2, 0) is 16.1 Å².